The molecule has 0 bridgehead atoms. The largest absolute Gasteiger partial charge is 0.468 e. The van der Waals surface area contributed by atoms with Crippen molar-refractivity contribution in [2.45, 2.75) is 12.5 Å². The summed E-state index contributed by atoms with van der Waals surface area (Å²) in [7, 11) is 1.24. The van der Waals surface area contributed by atoms with Gasteiger partial charge in [-0.1, -0.05) is 17.7 Å². The summed E-state index contributed by atoms with van der Waals surface area (Å²) in [5, 5.41) is 0.308. The zero-order valence-corrected chi connectivity index (χ0v) is 8.92. The molecule has 0 heterocycles. The summed E-state index contributed by atoms with van der Waals surface area (Å²) in [5.41, 5.74) is 5.84. The maximum Gasteiger partial charge on any atom is 0.322 e. The second-order valence-corrected chi connectivity index (χ2v) is 3.51. The van der Waals surface area contributed by atoms with Crippen LogP contribution >= 0.6 is 11.6 Å². The first-order valence-electron chi connectivity index (χ1n) is 4.32. The Kier molecular flexibility index (Phi) is 4.05. The average molecular weight is 232 g/mol. The van der Waals surface area contributed by atoms with Gasteiger partial charge in [0.25, 0.3) is 0 Å². The summed E-state index contributed by atoms with van der Waals surface area (Å²) >= 11 is 5.58. The van der Waals surface area contributed by atoms with Crippen LogP contribution in [0, 0.1) is 5.82 Å². The molecule has 0 spiro atoms. The van der Waals surface area contributed by atoms with Gasteiger partial charge in [0.2, 0.25) is 0 Å². The van der Waals surface area contributed by atoms with Crippen LogP contribution in [0.1, 0.15) is 5.56 Å². The Balaban J connectivity index is 2.76. The molecule has 3 nitrogen and oxygen atoms in total. The van der Waals surface area contributed by atoms with Crippen molar-refractivity contribution >= 4 is 17.6 Å². The van der Waals surface area contributed by atoms with Gasteiger partial charge >= 0.3 is 5.97 Å². The topological polar surface area (TPSA) is 52.3 Å². The van der Waals surface area contributed by atoms with Crippen LogP contribution < -0.4 is 5.73 Å². The molecule has 0 radical (unpaired) electrons. The number of hydrogen-bond donors (Lipinski definition) is 1. The lowest BCUT2D eigenvalue weighted by atomic mass is 10.1. The molecule has 0 aliphatic heterocycles. The predicted octanol–water partition coefficient (Wildman–Crippen LogP) is 1.52. The number of nitrogens with two attached hydrogens (primary N) is 1. The monoisotopic (exact) mass is 231 g/mol. The van der Waals surface area contributed by atoms with E-state index in [9.17, 15) is 9.18 Å². The Morgan fingerprint density at radius 1 is 1.67 bits per heavy atom. The molecular weight excluding hydrogens is 221 g/mol. The first kappa shape index (κ1) is 11.9. The number of halogens is 2. The smallest absolute Gasteiger partial charge is 0.322 e. The Morgan fingerprint density at radius 3 is 2.87 bits per heavy atom. The van der Waals surface area contributed by atoms with Crippen molar-refractivity contribution in [1.29, 1.82) is 0 Å². The van der Waals surface area contributed by atoms with E-state index in [1.54, 1.807) is 6.07 Å². The highest BCUT2D eigenvalue weighted by Gasteiger charge is 2.16. The van der Waals surface area contributed by atoms with Crippen molar-refractivity contribution in [2.75, 3.05) is 7.11 Å². The van der Waals surface area contributed by atoms with Gasteiger partial charge in [0.15, 0.2) is 0 Å². The maximum atomic E-state index is 13.3. The Morgan fingerprint density at radius 2 is 2.33 bits per heavy atom. The Hall–Kier alpha value is -1.13. The van der Waals surface area contributed by atoms with Crippen LogP contribution in [0.4, 0.5) is 4.39 Å². The molecule has 0 aliphatic carbocycles. The van der Waals surface area contributed by atoms with E-state index in [1.807, 2.05) is 0 Å². The summed E-state index contributed by atoms with van der Waals surface area (Å²) < 4.78 is 17.7. The van der Waals surface area contributed by atoms with Crippen LogP contribution in [0.25, 0.3) is 0 Å². The summed E-state index contributed by atoms with van der Waals surface area (Å²) in [6, 6.07) is 3.37. The van der Waals surface area contributed by atoms with E-state index in [0.717, 1.165) is 0 Å². The van der Waals surface area contributed by atoms with Gasteiger partial charge in [-0.3, -0.25) is 4.79 Å². The van der Waals surface area contributed by atoms with Crippen LogP contribution in [0.3, 0.4) is 0 Å². The molecular formula is C10H11ClFNO2. The van der Waals surface area contributed by atoms with Crippen molar-refractivity contribution in [1.82, 2.24) is 0 Å². The molecule has 0 aliphatic rings. The molecule has 82 valence electrons. The minimum absolute atomic E-state index is 0.0929. The highest BCUT2D eigenvalue weighted by atomic mass is 35.5. The number of rotatable bonds is 3. The van der Waals surface area contributed by atoms with Crippen LogP contribution in [-0.4, -0.2) is 19.1 Å². The minimum Gasteiger partial charge on any atom is -0.468 e. The summed E-state index contributed by atoms with van der Waals surface area (Å²) in [6.45, 7) is 0. The standard InChI is InChI=1S/C10H11ClFNO2/c1-15-10(14)9(13)4-6-2-3-7(11)5-8(6)12/h2-3,5,9H,4,13H2,1H3. The normalized spacial score (nSPS) is 12.3. The third-order valence-corrected chi connectivity index (χ3v) is 2.19. The second-order valence-electron chi connectivity index (χ2n) is 3.07. The first-order valence-corrected chi connectivity index (χ1v) is 4.69. The molecule has 1 aromatic rings. The zero-order chi connectivity index (χ0) is 11.4. The number of benzene rings is 1. The Labute approximate surface area is 92.0 Å². The summed E-state index contributed by atoms with van der Waals surface area (Å²) in [4.78, 5) is 11.0. The molecule has 5 heteroatoms. The van der Waals surface area contributed by atoms with Gasteiger partial charge in [0.1, 0.15) is 11.9 Å². The SMILES string of the molecule is COC(=O)C(N)Cc1ccc(Cl)cc1F. The Bertz CT molecular complexity index is 370. The van der Waals surface area contributed by atoms with Crippen LogP contribution in [-0.2, 0) is 16.0 Å². The van der Waals surface area contributed by atoms with E-state index in [2.05, 4.69) is 4.74 Å². The van der Waals surface area contributed by atoms with Crippen molar-refractivity contribution in [2.24, 2.45) is 5.73 Å². The number of esters is 1. The van der Waals surface area contributed by atoms with Gasteiger partial charge in [-0.15, -0.1) is 0 Å². The fourth-order valence-corrected chi connectivity index (χ4v) is 1.32. The second kappa shape index (κ2) is 5.09. The van der Waals surface area contributed by atoms with E-state index < -0.39 is 17.8 Å². The third kappa shape index (κ3) is 3.18. The van der Waals surface area contributed by atoms with Crippen molar-refractivity contribution in [3.8, 4) is 0 Å². The molecule has 1 unspecified atom stereocenters. The lowest BCUT2D eigenvalue weighted by Gasteiger charge is -2.09. The van der Waals surface area contributed by atoms with Gasteiger partial charge in [-0.2, -0.15) is 0 Å². The average Bonchev–Trinajstić information content (AvgIpc) is 2.20. The van der Waals surface area contributed by atoms with Crippen LogP contribution in [0.5, 0.6) is 0 Å². The number of methoxy groups -OCH3 is 1. The van der Waals surface area contributed by atoms with Gasteiger partial charge in [-0.25, -0.2) is 4.39 Å². The van der Waals surface area contributed by atoms with E-state index in [4.69, 9.17) is 17.3 Å². The fourth-order valence-electron chi connectivity index (χ4n) is 1.16. The summed E-state index contributed by atoms with van der Waals surface area (Å²) in [5.74, 6) is -1.04. The van der Waals surface area contributed by atoms with Crippen LogP contribution in [0.15, 0.2) is 18.2 Å². The van der Waals surface area contributed by atoms with Crippen LogP contribution in [0.2, 0.25) is 5.02 Å². The van der Waals surface area contributed by atoms with Crippen molar-refractivity contribution in [3.05, 3.63) is 34.6 Å². The maximum absolute atomic E-state index is 13.3. The number of ether oxygens (including phenoxy) is 1. The van der Waals surface area contributed by atoms with Gasteiger partial charge in [-0.05, 0) is 17.7 Å². The third-order valence-electron chi connectivity index (χ3n) is 1.96. The van der Waals surface area contributed by atoms with E-state index in [1.165, 1.54) is 19.2 Å². The molecule has 0 fully saturated rings. The van der Waals surface area contributed by atoms with Crippen molar-refractivity contribution < 1.29 is 13.9 Å². The van der Waals surface area contributed by atoms with E-state index in [-0.39, 0.29) is 6.42 Å². The van der Waals surface area contributed by atoms with Crippen molar-refractivity contribution in [3.63, 3.8) is 0 Å². The molecule has 0 aromatic heterocycles. The lowest BCUT2D eigenvalue weighted by Crippen LogP contribution is -2.33. The molecule has 1 atom stereocenters. The molecule has 0 saturated heterocycles. The highest BCUT2D eigenvalue weighted by Crippen LogP contribution is 2.15. The molecule has 1 rings (SSSR count). The van der Waals surface area contributed by atoms with Gasteiger partial charge < -0.3 is 10.5 Å². The predicted molar refractivity (Wildman–Crippen MR) is 55.1 cm³/mol. The number of carbonyl (C=O) groups excluding carboxylic acids is 1. The van der Waals surface area contributed by atoms with Gasteiger partial charge in [0.05, 0.1) is 7.11 Å². The molecule has 1 aromatic carbocycles. The number of hydrogen-bond acceptors (Lipinski definition) is 3. The van der Waals surface area contributed by atoms with E-state index >= 15 is 0 Å². The molecule has 0 saturated carbocycles. The van der Waals surface area contributed by atoms with Gasteiger partial charge in [0, 0.05) is 11.4 Å². The molecule has 0 amide bonds. The summed E-state index contributed by atoms with van der Waals surface area (Å²) in [6.07, 6.45) is 0.0929. The van der Waals surface area contributed by atoms with E-state index in [0.29, 0.717) is 10.6 Å². The zero-order valence-electron chi connectivity index (χ0n) is 8.17. The first-order chi connectivity index (χ1) is 7.04. The lowest BCUT2D eigenvalue weighted by molar-refractivity contribution is -0.142. The minimum atomic E-state index is -0.856. The quantitative estimate of drug-likeness (QED) is 0.803. The fraction of sp³-hybridized carbons (Fsp3) is 0.300. The molecule has 15 heavy (non-hydrogen) atoms. The highest BCUT2D eigenvalue weighted by molar-refractivity contribution is 6.30. The molecule has 2 N–H and O–H groups in total. The number of carbonyl (C=O) groups is 1.